The summed E-state index contributed by atoms with van der Waals surface area (Å²) in [5, 5.41) is 43.9. The van der Waals surface area contributed by atoms with Crippen molar-refractivity contribution in [2.75, 3.05) is 25.4 Å². The molecule has 560 valence electrons. The molecule has 0 aliphatic carbocycles. The van der Waals surface area contributed by atoms with Crippen LogP contribution in [0, 0.1) is 5.92 Å². The summed E-state index contributed by atoms with van der Waals surface area (Å²) in [6.45, 7) is 4.17. The highest BCUT2D eigenvalue weighted by molar-refractivity contribution is 7.80. The van der Waals surface area contributed by atoms with Gasteiger partial charge in [0, 0.05) is 61.7 Å². The molecule has 2 rings (SSSR count). The monoisotopic (exact) mass is 1440 g/mol. The molecule has 42 heteroatoms. The standard InChI is InChI=1S/C59H96N24O17S/c1-4-27(2)45(55(98)81-39(24-44(87)88)53(96)78-36(16-18-42(62)85)50(93)77-35(15-17-41(61)84)47(90)74-28(3)56(99)100)83-54(97)40(26-101)82-51(94)37(22-29-25-73-32-12-6-5-10-30(29)32)80-49(92)34(14-9-21-72-59(68)69)75-48(91)33(13-8-20-71-58(66)67)76-52(95)38(23-43(63)86)79-46(89)31(60)11-7-19-70-57(64)65/h5-6,10,12,25,27-28,31,33-40,45,73,101H,4,7-9,11,13-24,26,60H2,1-3H3,(H2,61,84)(H2,62,85)(H2,63,86)(H,74,90)(H,75,91)(H,76,95)(H,77,93)(H,78,96)(H,79,89)(H,80,92)(H,81,98)(H,82,94)(H,83,97)(H,87,88)(H,99,100)(H4,64,65,70)(H4,66,67,71)(H4,68,69,72)/t27-,28-,31-,33-,34-,35-,36-,37-,38-,39-,40-,45-/m0/s1. The molecule has 13 amide bonds. The lowest BCUT2D eigenvalue weighted by atomic mass is 9.97. The van der Waals surface area contributed by atoms with Crippen molar-refractivity contribution >= 4 is 130 Å². The number of rotatable bonds is 48. The van der Waals surface area contributed by atoms with E-state index in [2.05, 4.69) is 85.8 Å². The summed E-state index contributed by atoms with van der Waals surface area (Å²) < 4.78 is 0. The zero-order valence-electron chi connectivity index (χ0n) is 56.1. The van der Waals surface area contributed by atoms with Gasteiger partial charge in [-0.15, -0.1) is 0 Å². The van der Waals surface area contributed by atoms with Crippen molar-refractivity contribution in [2.24, 2.45) is 78.2 Å². The second-order valence-corrected chi connectivity index (χ2v) is 23.8. The number of hydrogen-bond acceptors (Lipinski definition) is 20. The van der Waals surface area contributed by atoms with E-state index in [0.29, 0.717) is 16.5 Å². The van der Waals surface area contributed by atoms with Gasteiger partial charge in [0.1, 0.15) is 60.4 Å². The second kappa shape index (κ2) is 44.1. The van der Waals surface area contributed by atoms with Crippen molar-refractivity contribution < 1.29 is 82.1 Å². The number of fused-ring (bicyclic) bond motifs is 1. The first-order valence-electron chi connectivity index (χ1n) is 31.9. The van der Waals surface area contributed by atoms with Gasteiger partial charge >= 0.3 is 11.9 Å². The predicted molar refractivity (Wildman–Crippen MR) is 369 cm³/mol. The lowest BCUT2D eigenvalue weighted by molar-refractivity contribution is -0.142. The zero-order chi connectivity index (χ0) is 76.2. The molecule has 1 aromatic carbocycles. The molecule has 1 aromatic heterocycles. The first-order valence-corrected chi connectivity index (χ1v) is 32.5. The Morgan fingerprint density at radius 3 is 1.29 bits per heavy atom. The lowest BCUT2D eigenvalue weighted by Gasteiger charge is -2.29. The number of benzene rings is 1. The molecule has 41 nitrogen and oxygen atoms in total. The maximum absolute atomic E-state index is 14.8. The van der Waals surface area contributed by atoms with Crippen LogP contribution in [0.1, 0.15) is 110 Å². The second-order valence-electron chi connectivity index (χ2n) is 23.4. The number of para-hydroxylation sites is 1. The first-order chi connectivity index (χ1) is 47.5. The molecule has 0 saturated heterocycles. The van der Waals surface area contributed by atoms with Gasteiger partial charge in [-0.05, 0) is 75.8 Å². The van der Waals surface area contributed by atoms with E-state index in [1.54, 1.807) is 37.4 Å². The quantitative estimate of drug-likeness (QED) is 0.0127. The fourth-order valence-electron chi connectivity index (χ4n) is 9.53. The molecular formula is C59H96N24O17S. The first kappa shape index (κ1) is 86.0. The molecule has 0 fully saturated rings. The van der Waals surface area contributed by atoms with Crippen molar-refractivity contribution in [3.05, 3.63) is 36.0 Å². The number of nitrogens with two attached hydrogens (primary N) is 10. The molecule has 0 spiro atoms. The van der Waals surface area contributed by atoms with Gasteiger partial charge in [-0.1, -0.05) is 38.5 Å². The van der Waals surface area contributed by atoms with Gasteiger partial charge in [-0.25, -0.2) is 0 Å². The Labute approximate surface area is 585 Å². The number of guanidine groups is 3. The van der Waals surface area contributed by atoms with Crippen molar-refractivity contribution in [1.29, 1.82) is 0 Å². The maximum Gasteiger partial charge on any atom is 0.325 e. The van der Waals surface area contributed by atoms with Crippen LogP contribution in [0.2, 0.25) is 0 Å². The van der Waals surface area contributed by atoms with E-state index in [-0.39, 0.29) is 88.9 Å². The van der Waals surface area contributed by atoms with Gasteiger partial charge in [0.05, 0.1) is 18.9 Å². The normalized spacial score (nSPS) is 14.5. The highest BCUT2D eigenvalue weighted by atomic mass is 32.1. The Hall–Kier alpha value is -11.1. The third-order valence-electron chi connectivity index (χ3n) is 15.2. The fraction of sp³-hybridized carbons (Fsp3) is 0.559. The molecular weight excluding hydrogens is 1350 g/mol. The third-order valence-corrected chi connectivity index (χ3v) is 15.6. The largest absolute Gasteiger partial charge is 0.481 e. The molecule has 0 aliphatic heterocycles. The third kappa shape index (κ3) is 32.4. The number of nitrogens with one attached hydrogen (secondary N) is 11. The Morgan fingerprint density at radius 1 is 0.465 bits per heavy atom. The number of carboxylic acids is 2. The van der Waals surface area contributed by atoms with Crippen molar-refractivity contribution in [3.8, 4) is 0 Å². The van der Waals surface area contributed by atoms with Gasteiger partial charge in [0.25, 0.3) is 0 Å². The van der Waals surface area contributed by atoms with Crippen LogP contribution in [0.15, 0.2) is 45.4 Å². The summed E-state index contributed by atoms with van der Waals surface area (Å²) in [4.78, 5) is 215. The number of aromatic amines is 1. The number of carbonyl (C=O) groups excluding carboxylic acids is 13. The van der Waals surface area contributed by atoms with Gasteiger partial charge in [0.2, 0.25) is 76.8 Å². The van der Waals surface area contributed by atoms with Crippen LogP contribution >= 0.6 is 12.6 Å². The van der Waals surface area contributed by atoms with Crippen LogP contribution in [-0.4, -0.2) is 214 Å². The minimum atomic E-state index is -2.04. The van der Waals surface area contributed by atoms with Gasteiger partial charge < -0.3 is 126 Å². The van der Waals surface area contributed by atoms with Gasteiger partial charge in [-0.3, -0.25) is 86.9 Å². The van der Waals surface area contributed by atoms with E-state index >= 15 is 0 Å². The number of primary amides is 3. The highest BCUT2D eigenvalue weighted by Crippen LogP contribution is 2.20. The van der Waals surface area contributed by atoms with E-state index in [0.717, 1.165) is 6.92 Å². The summed E-state index contributed by atoms with van der Waals surface area (Å²) in [6.07, 6.45) is -2.86. The van der Waals surface area contributed by atoms with Crippen LogP contribution in [-0.2, 0) is 78.3 Å². The number of aliphatic carboxylic acids is 2. The molecule has 33 N–H and O–H groups in total. The van der Waals surface area contributed by atoms with Gasteiger partial charge in [0.15, 0.2) is 17.9 Å². The summed E-state index contributed by atoms with van der Waals surface area (Å²) in [7, 11) is 0. The van der Waals surface area contributed by atoms with Crippen molar-refractivity contribution in [3.63, 3.8) is 0 Å². The summed E-state index contributed by atoms with van der Waals surface area (Å²) in [6, 6.07) is -11.1. The summed E-state index contributed by atoms with van der Waals surface area (Å²) >= 11 is 4.32. The number of carbonyl (C=O) groups is 15. The molecule has 0 radical (unpaired) electrons. The van der Waals surface area contributed by atoms with Crippen molar-refractivity contribution in [2.45, 2.75) is 177 Å². The Morgan fingerprint density at radius 2 is 0.851 bits per heavy atom. The topological polar surface area (TPSA) is 730 Å². The number of aromatic nitrogens is 1. The smallest absolute Gasteiger partial charge is 0.325 e. The molecule has 1 heterocycles. The molecule has 0 saturated carbocycles. The maximum atomic E-state index is 14.8. The number of H-pyrrole nitrogens is 1. The lowest BCUT2D eigenvalue weighted by Crippen LogP contribution is -2.62. The van der Waals surface area contributed by atoms with Crippen LogP contribution in [0.4, 0.5) is 0 Å². The van der Waals surface area contributed by atoms with Gasteiger partial charge in [-0.2, -0.15) is 12.6 Å². The Kier molecular flexibility index (Phi) is 37.5. The number of amides is 13. The molecule has 101 heavy (non-hydrogen) atoms. The number of aliphatic imine (C=N–C) groups is 3. The predicted octanol–water partition coefficient (Wildman–Crippen LogP) is -8.99. The van der Waals surface area contributed by atoms with Crippen LogP contribution in [0.3, 0.4) is 0 Å². The minimum absolute atomic E-state index is 0.0000330. The number of carboxylic acid groups (broad SMARTS) is 2. The molecule has 0 unspecified atom stereocenters. The molecule has 12 atom stereocenters. The van der Waals surface area contributed by atoms with Crippen LogP contribution < -0.4 is 111 Å². The fourth-order valence-corrected chi connectivity index (χ4v) is 9.79. The summed E-state index contributed by atoms with van der Waals surface area (Å²) in [5.41, 5.74) is 56.1. The van der Waals surface area contributed by atoms with E-state index in [9.17, 15) is 82.1 Å². The number of nitrogens with zero attached hydrogens (tertiary/aromatic N) is 3. The van der Waals surface area contributed by atoms with E-state index < -0.39 is 205 Å². The number of hydrogen-bond donors (Lipinski definition) is 24. The van der Waals surface area contributed by atoms with Crippen LogP contribution in [0.5, 0.6) is 0 Å². The van der Waals surface area contributed by atoms with E-state index in [4.69, 9.17) is 57.3 Å². The van der Waals surface area contributed by atoms with Crippen molar-refractivity contribution in [1.82, 2.24) is 58.2 Å². The van der Waals surface area contributed by atoms with E-state index in [1.807, 2.05) is 0 Å². The molecule has 2 aromatic rings. The minimum Gasteiger partial charge on any atom is -0.481 e. The highest BCUT2D eigenvalue weighted by Gasteiger charge is 2.38. The SMILES string of the molecule is CC[C@H](C)[C@H](NC(=O)[C@H](CS)NC(=O)[C@H](Cc1c[nH]c2ccccc12)NC(=O)[C@H](CCCN=C(N)N)NC(=O)[C@H](CCCN=C(N)N)NC(=O)[C@H](CC(N)=O)NC(=O)[C@@H](N)CCCN=C(N)N)C(=O)N[C@@H](CC(=O)O)C(=O)N[C@@H](CCC(N)=O)C(=O)N[C@@H](CCC(N)=O)C(=O)N[C@@H](C)C(=O)O. The summed E-state index contributed by atoms with van der Waals surface area (Å²) in [5.74, 6) is -19.1. The molecule has 0 bridgehead atoms. The average molecular weight is 1450 g/mol. The Balaban J connectivity index is 2.63. The Bertz CT molecular complexity index is 3340. The van der Waals surface area contributed by atoms with E-state index in [1.165, 1.54) is 6.92 Å². The zero-order valence-corrected chi connectivity index (χ0v) is 57.0. The molecule has 0 aliphatic rings. The average Bonchev–Trinajstić information content (AvgIpc) is 1.75. The van der Waals surface area contributed by atoms with Crippen LogP contribution in [0.25, 0.3) is 10.9 Å². The number of thiol groups is 1.